The Labute approximate surface area is 190 Å². The van der Waals surface area contributed by atoms with Gasteiger partial charge in [-0.05, 0) is 24.3 Å². The molecule has 1 aromatic carbocycles. The van der Waals surface area contributed by atoms with Gasteiger partial charge in [-0.1, -0.05) is 0 Å². The quantitative estimate of drug-likeness (QED) is 0.602. The maximum atomic E-state index is 12.4. The zero-order valence-corrected chi connectivity index (χ0v) is 18.9. The molecule has 0 bridgehead atoms. The van der Waals surface area contributed by atoms with Gasteiger partial charge in [0.1, 0.15) is 17.4 Å². The molecule has 0 atom stereocenters. The summed E-state index contributed by atoms with van der Waals surface area (Å²) in [7, 11) is 2.54. The lowest BCUT2D eigenvalue weighted by atomic mass is 10.1. The van der Waals surface area contributed by atoms with Gasteiger partial charge in [0.15, 0.2) is 0 Å². The summed E-state index contributed by atoms with van der Waals surface area (Å²) >= 11 is 1.60. The van der Waals surface area contributed by atoms with Crippen LogP contribution in [0.25, 0.3) is 10.6 Å². The predicted octanol–water partition coefficient (Wildman–Crippen LogP) is 2.04. The third-order valence-corrected chi connectivity index (χ3v) is 6.24. The molecule has 0 saturated carbocycles. The number of esters is 2. The van der Waals surface area contributed by atoms with E-state index in [0.29, 0.717) is 5.69 Å². The highest BCUT2D eigenvalue weighted by atomic mass is 32.1. The van der Waals surface area contributed by atoms with Gasteiger partial charge < -0.3 is 23.8 Å². The lowest BCUT2D eigenvalue weighted by molar-refractivity contribution is -0.140. The molecule has 0 radical (unpaired) electrons. The molecule has 2 aliphatic heterocycles. The third-order valence-electron chi connectivity index (χ3n) is 5.30. The highest BCUT2D eigenvalue weighted by molar-refractivity contribution is 7.13. The number of rotatable bonds is 6. The van der Waals surface area contributed by atoms with Crippen LogP contribution in [0.5, 0.6) is 0 Å². The average Bonchev–Trinajstić information content (AvgIpc) is 3.31. The van der Waals surface area contributed by atoms with Crippen molar-refractivity contribution in [3.05, 3.63) is 46.6 Å². The number of hydrogen-bond donors (Lipinski definition) is 0. The van der Waals surface area contributed by atoms with Crippen molar-refractivity contribution in [3.63, 3.8) is 0 Å². The van der Waals surface area contributed by atoms with Crippen LogP contribution in [0.15, 0.2) is 40.9 Å². The molecule has 32 heavy (non-hydrogen) atoms. The molecule has 0 aliphatic carbocycles. The summed E-state index contributed by atoms with van der Waals surface area (Å²) in [5.74, 6) is -1.24. The van der Waals surface area contributed by atoms with Crippen molar-refractivity contribution in [2.45, 2.75) is 6.54 Å². The Morgan fingerprint density at radius 1 is 1.06 bits per heavy atom. The normalized spacial score (nSPS) is 17.4. The second-order valence-corrected chi connectivity index (χ2v) is 8.15. The largest absolute Gasteiger partial charge is 0.466 e. The van der Waals surface area contributed by atoms with Gasteiger partial charge in [-0.15, -0.1) is 11.3 Å². The molecule has 0 amide bonds. The summed E-state index contributed by atoms with van der Waals surface area (Å²) in [5, 5.41) is 3.01. The number of methoxy groups -OCH3 is 2. The molecule has 4 rings (SSSR count). The van der Waals surface area contributed by atoms with Gasteiger partial charge in [-0.2, -0.15) is 0 Å². The van der Waals surface area contributed by atoms with Gasteiger partial charge in [-0.25, -0.2) is 14.6 Å². The zero-order chi connectivity index (χ0) is 22.5. The van der Waals surface area contributed by atoms with Crippen LogP contribution in [0.2, 0.25) is 0 Å². The molecule has 1 saturated heterocycles. The van der Waals surface area contributed by atoms with Crippen molar-refractivity contribution >= 4 is 29.0 Å². The second kappa shape index (κ2) is 10.2. The maximum Gasteiger partial charge on any atom is 0.355 e. The van der Waals surface area contributed by atoms with E-state index in [-0.39, 0.29) is 24.6 Å². The molecular formula is C22H25N3O6S. The summed E-state index contributed by atoms with van der Waals surface area (Å²) < 4.78 is 20.6. The van der Waals surface area contributed by atoms with Crippen molar-refractivity contribution < 1.29 is 28.5 Å². The minimum atomic E-state index is -0.623. The molecular weight excluding hydrogens is 434 g/mol. The van der Waals surface area contributed by atoms with Gasteiger partial charge in [0.25, 0.3) is 0 Å². The van der Waals surface area contributed by atoms with E-state index < -0.39 is 11.9 Å². The summed E-state index contributed by atoms with van der Waals surface area (Å²) in [5.41, 5.74) is 2.96. The number of thiazole rings is 1. The fraction of sp³-hybridized carbons (Fsp3) is 0.409. The third kappa shape index (κ3) is 4.83. The Morgan fingerprint density at radius 2 is 1.78 bits per heavy atom. The highest BCUT2D eigenvalue weighted by Crippen LogP contribution is 2.30. The first-order valence-electron chi connectivity index (χ1n) is 10.2. The van der Waals surface area contributed by atoms with Gasteiger partial charge in [0.05, 0.1) is 45.3 Å². The van der Waals surface area contributed by atoms with E-state index >= 15 is 0 Å². The zero-order valence-electron chi connectivity index (χ0n) is 18.0. The molecule has 170 valence electrons. The van der Waals surface area contributed by atoms with Crippen molar-refractivity contribution in [3.8, 4) is 10.6 Å². The van der Waals surface area contributed by atoms with E-state index in [0.717, 1.165) is 49.1 Å². The summed E-state index contributed by atoms with van der Waals surface area (Å²) in [4.78, 5) is 33.3. The Balaban J connectivity index is 1.54. The molecule has 2 aromatic rings. The van der Waals surface area contributed by atoms with E-state index in [1.165, 1.54) is 14.2 Å². The van der Waals surface area contributed by atoms with Crippen LogP contribution in [0.3, 0.4) is 0 Å². The Bertz CT molecular complexity index is 997. The smallest absolute Gasteiger partial charge is 0.355 e. The molecule has 0 spiro atoms. The first-order chi connectivity index (χ1) is 15.6. The molecule has 10 heteroatoms. The molecule has 0 unspecified atom stereocenters. The first kappa shape index (κ1) is 22.4. The molecule has 0 N–H and O–H groups in total. The molecule has 9 nitrogen and oxygen atoms in total. The SMILES string of the molecule is COC(=O)C1=C(C(=O)OC)N(c2ccc(-c3nc(CN4CCOCC4)cs3)cc2)COC1. The molecule has 3 heterocycles. The number of benzene rings is 1. The predicted molar refractivity (Wildman–Crippen MR) is 118 cm³/mol. The van der Waals surface area contributed by atoms with Crippen LogP contribution < -0.4 is 4.90 Å². The van der Waals surface area contributed by atoms with Crippen molar-refractivity contribution in [2.75, 3.05) is 58.8 Å². The Morgan fingerprint density at radius 3 is 2.47 bits per heavy atom. The van der Waals surface area contributed by atoms with Crippen LogP contribution in [0, 0.1) is 0 Å². The van der Waals surface area contributed by atoms with Crippen LogP contribution in [-0.2, 0) is 35.1 Å². The minimum absolute atomic E-state index is 0.0171. The second-order valence-electron chi connectivity index (χ2n) is 7.30. The number of carbonyl (C=O) groups excluding carboxylic acids is 2. The summed E-state index contributed by atoms with van der Waals surface area (Å²) in [6, 6.07) is 7.61. The van der Waals surface area contributed by atoms with Crippen molar-refractivity contribution in [1.29, 1.82) is 0 Å². The fourth-order valence-electron chi connectivity index (χ4n) is 3.63. The van der Waals surface area contributed by atoms with Crippen molar-refractivity contribution in [1.82, 2.24) is 9.88 Å². The van der Waals surface area contributed by atoms with E-state index in [1.54, 1.807) is 16.2 Å². The standard InChI is InChI=1S/C22H25N3O6S/c1-28-21(26)18-12-31-14-25(19(18)22(27)29-2)17-5-3-15(4-6-17)20-23-16(13-32-20)11-24-7-9-30-10-8-24/h3-6,13H,7-12,14H2,1-2H3. The molecule has 2 aliphatic rings. The van der Waals surface area contributed by atoms with E-state index in [4.69, 9.17) is 23.9 Å². The lowest BCUT2D eigenvalue weighted by Gasteiger charge is -2.31. The first-order valence-corrected chi connectivity index (χ1v) is 11.1. The number of carbonyl (C=O) groups is 2. The Kier molecular flexibility index (Phi) is 7.15. The number of morpholine rings is 1. The minimum Gasteiger partial charge on any atom is -0.466 e. The number of aromatic nitrogens is 1. The highest BCUT2D eigenvalue weighted by Gasteiger charge is 2.32. The topological polar surface area (TPSA) is 90.4 Å². The number of nitrogens with zero attached hydrogens (tertiary/aromatic N) is 3. The van der Waals surface area contributed by atoms with Crippen LogP contribution in [0.1, 0.15) is 5.69 Å². The van der Waals surface area contributed by atoms with Gasteiger partial charge in [0.2, 0.25) is 0 Å². The van der Waals surface area contributed by atoms with Crippen molar-refractivity contribution in [2.24, 2.45) is 0 Å². The van der Waals surface area contributed by atoms with Crippen LogP contribution in [0.4, 0.5) is 5.69 Å². The maximum absolute atomic E-state index is 12.4. The van der Waals surface area contributed by atoms with E-state index in [2.05, 4.69) is 10.3 Å². The average molecular weight is 460 g/mol. The molecule has 1 fully saturated rings. The summed E-state index contributed by atoms with van der Waals surface area (Å²) in [6.45, 7) is 4.28. The lowest BCUT2D eigenvalue weighted by Crippen LogP contribution is -2.38. The van der Waals surface area contributed by atoms with E-state index in [9.17, 15) is 9.59 Å². The van der Waals surface area contributed by atoms with Gasteiger partial charge >= 0.3 is 11.9 Å². The molecule has 1 aromatic heterocycles. The van der Waals surface area contributed by atoms with Crippen LogP contribution >= 0.6 is 11.3 Å². The van der Waals surface area contributed by atoms with Crippen LogP contribution in [-0.4, -0.2) is 75.7 Å². The van der Waals surface area contributed by atoms with E-state index in [1.807, 2.05) is 24.3 Å². The van der Waals surface area contributed by atoms with Gasteiger partial charge in [0, 0.05) is 36.3 Å². The summed E-state index contributed by atoms with van der Waals surface area (Å²) in [6.07, 6.45) is 0. The number of anilines is 1. The van der Waals surface area contributed by atoms with Gasteiger partial charge in [-0.3, -0.25) is 4.90 Å². The number of ether oxygens (including phenoxy) is 4. The monoisotopic (exact) mass is 459 g/mol. The fourth-order valence-corrected chi connectivity index (χ4v) is 4.45. The number of hydrogen-bond acceptors (Lipinski definition) is 10. The Hall–Kier alpha value is -2.79.